The van der Waals surface area contributed by atoms with E-state index in [0.717, 1.165) is 5.56 Å². The molecule has 0 aliphatic carbocycles. The van der Waals surface area contributed by atoms with E-state index in [0.29, 0.717) is 29.0 Å². The number of rotatable bonds is 8. The minimum absolute atomic E-state index is 0.0522. The number of hydrogen-bond donors (Lipinski definition) is 1. The third kappa shape index (κ3) is 6.81. The number of nitrogens with one attached hydrogen (secondary N) is 1. The van der Waals surface area contributed by atoms with Crippen molar-refractivity contribution in [3.63, 3.8) is 0 Å². The van der Waals surface area contributed by atoms with Crippen molar-refractivity contribution >= 4 is 23.6 Å². The number of hydrogen-bond acceptors (Lipinski definition) is 5. The molecule has 1 N–H and O–H groups in total. The molecule has 1 amide bonds. The van der Waals surface area contributed by atoms with Gasteiger partial charge in [0.25, 0.3) is 5.91 Å². The van der Waals surface area contributed by atoms with Crippen LogP contribution in [0.3, 0.4) is 0 Å². The summed E-state index contributed by atoms with van der Waals surface area (Å²) in [5.74, 6) is -0.294. The second kappa shape index (κ2) is 11.7. The number of esters is 1. The Morgan fingerprint density at radius 3 is 2.29 bits per heavy atom. The van der Waals surface area contributed by atoms with E-state index in [1.54, 1.807) is 38.3 Å². The van der Waals surface area contributed by atoms with E-state index in [4.69, 9.17) is 9.47 Å². The molecule has 3 aromatic rings. The van der Waals surface area contributed by atoms with E-state index >= 15 is 0 Å². The first-order valence-corrected chi connectivity index (χ1v) is 11.3. The highest BCUT2D eigenvalue weighted by Crippen LogP contribution is 2.25. The van der Waals surface area contributed by atoms with Crippen LogP contribution in [0.2, 0.25) is 0 Å². The summed E-state index contributed by atoms with van der Waals surface area (Å²) >= 11 is 0. The Balaban J connectivity index is 1.76. The van der Waals surface area contributed by atoms with Crippen LogP contribution in [0.5, 0.6) is 5.75 Å². The highest BCUT2D eigenvalue weighted by atomic mass is 16.5. The number of carbonyl (C=O) groups excluding carboxylic acids is 2. The van der Waals surface area contributed by atoms with Gasteiger partial charge >= 0.3 is 5.97 Å². The molecule has 6 heteroatoms. The summed E-state index contributed by atoms with van der Waals surface area (Å²) < 4.78 is 10.5. The molecule has 0 atom stereocenters. The average molecular weight is 469 g/mol. The molecule has 178 valence electrons. The molecule has 0 saturated heterocycles. The van der Waals surface area contributed by atoms with Gasteiger partial charge in [-0.25, -0.2) is 4.79 Å². The van der Waals surface area contributed by atoms with E-state index in [9.17, 15) is 14.9 Å². The topological polar surface area (TPSA) is 88.4 Å². The van der Waals surface area contributed by atoms with Gasteiger partial charge in [0.2, 0.25) is 0 Å². The van der Waals surface area contributed by atoms with Crippen LogP contribution in [0.15, 0.2) is 66.2 Å². The molecule has 0 fully saturated rings. The smallest absolute Gasteiger partial charge is 0.338 e. The zero-order chi connectivity index (χ0) is 25.4. The summed E-state index contributed by atoms with van der Waals surface area (Å²) in [5.41, 5.74) is 6.09. The second-order valence-corrected chi connectivity index (χ2v) is 8.17. The van der Waals surface area contributed by atoms with E-state index in [1.165, 1.54) is 22.8 Å². The standard InChI is InChI=1S/C29H28N2O4/c1-5-35-29(33)23-8-10-26(11-9-23)31-28(32)25(18-30)15-21-6-7-24(27(17-21)34-4)16-22-13-19(2)12-20(3)14-22/h6-15,17H,5,16H2,1-4H3,(H,31,32)/b25-15+. The number of benzene rings is 3. The molecule has 0 aromatic heterocycles. The predicted molar refractivity (Wildman–Crippen MR) is 136 cm³/mol. The molecule has 0 bridgehead atoms. The van der Waals surface area contributed by atoms with E-state index < -0.39 is 11.9 Å². The molecule has 35 heavy (non-hydrogen) atoms. The van der Waals surface area contributed by atoms with Gasteiger partial charge in [0, 0.05) is 12.1 Å². The van der Waals surface area contributed by atoms with Crippen molar-refractivity contribution in [3.05, 3.63) is 99.6 Å². The lowest BCUT2D eigenvalue weighted by Gasteiger charge is -2.11. The van der Waals surface area contributed by atoms with Crippen LogP contribution in [-0.2, 0) is 16.0 Å². The van der Waals surface area contributed by atoms with Crippen LogP contribution < -0.4 is 10.1 Å². The Bertz CT molecular complexity index is 1280. The van der Waals surface area contributed by atoms with Crippen molar-refractivity contribution in [2.45, 2.75) is 27.2 Å². The molecular formula is C29H28N2O4. The molecular weight excluding hydrogens is 440 g/mol. The summed E-state index contributed by atoms with van der Waals surface area (Å²) in [4.78, 5) is 24.4. The third-order valence-corrected chi connectivity index (χ3v) is 5.32. The van der Waals surface area contributed by atoms with Crippen LogP contribution in [0, 0.1) is 25.2 Å². The molecule has 0 aliphatic rings. The number of nitrogens with zero attached hydrogens (tertiary/aromatic N) is 1. The van der Waals surface area contributed by atoms with Gasteiger partial charge < -0.3 is 14.8 Å². The molecule has 6 nitrogen and oxygen atoms in total. The van der Waals surface area contributed by atoms with Crippen LogP contribution >= 0.6 is 0 Å². The van der Waals surface area contributed by atoms with Gasteiger partial charge in [0.1, 0.15) is 17.4 Å². The second-order valence-electron chi connectivity index (χ2n) is 8.17. The van der Waals surface area contributed by atoms with Gasteiger partial charge in [-0.15, -0.1) is 0 Å². The van der Waals surface area contributed by atoms with Crippen LogP contribution in [0.25, 0.3) is 6.08 Å². The summed E-state index contributed by atoms with van der Waals surface area (Å²) in [5, 5.41) is 12.2. The third-order valence-electron chi connectivity index (χ3n) is 5.32. The lowest BCUT2D eigenvalue weighted by atomic mass is 9.98. The van der Waals surface area contributed by atoms with Gasteiger partial charge in [-0.3, -0.25) is 4.79 Å². The van der Waals surface area contributed by atoms with Gasteiger partial charge in [-0.05, 0) is 73.9 Å². The highest BCUT2D eigenvalue weighted by molar-refractivity contribution is 6.09. The van der Waals surface area contributed by atoms with E-state index in [2.05, 4.69) is 37.4 Å². The normalized spacial score (nSPS) is 10.9. The van der Waals surface area contributed by atoms with Gasteiger partial charge in [0.15, 0.2) is 0 Å². The molecule has 0 heterocycles. The number of aryl methyl sites for hydroxylation is 2. The molecule has 0 aliphatic heterocycles. The maximum Gasteiger partial charge on any atom is 0.338 e. The van der Waals surface area contributed by atoms with Crippen LogP contribution in [-0.4, -0.2) is 25.6 Å². The van der Waals surface area contributed by atoms with Crippen molar-refractivity contribution in [2.75, 3.05) is 19.0 Å². The number of anilines is 1. The first kappa shape index (κ1) is 25.3. The lowest BCUT2D eigenvalue weighted by molar-refractivity contribution is -0.112. The fourth-order valence-electron chi connectivity index (χ4n) is 3.81. The summed E-state index contributed by atoms with van der Waals surface area (Å²) in [7, 11) is 1.60. The molecule has 3 aromatic carbocycles. The lowest BCUT2D eigenvalue weighted by Crippen LogP contribution is -2.13. The Hall–Kier alpha value is -4.37. The largest absolute Gasteiger partial charge is 0.496 e. The highest BCUT2D eigenvalue weighted by Gasteiger charge is 2.12. The first-order chi connectivity index (χ1) is 16.8. The predicted octanol–water partition coefficient (Wildman–Crippen LogP) is 5.63. The number of methoxy groups -OCH3 is 1. The minimum Gasteiger partial charge on any atom is -0.496 e. The Labute approximate surface area is 205 Å². The van der Waals surface area contributed by atoms with E-state index in [-0.39, 0.29) is 12.2 Å². The first-order valence-electron chi connectivity index (χ1n) is 11.3. The molecule has 0 spiro atoms. The van der Waals surface area contributed by atoms with Crippen molar-refractivity contribution < 1.29 is 19.1 Å². The number of carbonyl (C=O) groups is 2. The quantitative estimate of drug-likeness (QED) is 0.263. The zero-order valence-electron chi connectivity index (χ0n) is 20.3. The maximum atomic E-state index is 12.7. The SMILES string of the molecule is CCOC(=O)c1ccc(NC(=O)/C(C#N)=C/c2ccc(Cc3cc(C)cc(C)c3)c(OC)c2)cc1. The molecule has 0 unspecified atom stereocenters. The zero-order valence-corrected chi connectivity index (χ0v) is 20.3. The molecule has 0 saturated carbocycles. The van der Waals surface area contributed by atoms with Crippen molar-refractivity contribution in [1.82, 2.24) is 0 Å². The van der Waals surface area contributed by atoms with Gasteiger partial charge in [-0.1, -0.05) is 41.5 Å². The summed E-state index contributed by atoms with van der Waals surface area (Å²) in [6.45, 7) is 6.16. The number of amides is 1. The average Bonchev–Trinajstić information content (AvgIpc) is 2.83. The maximum absolute atomic E-state index is 12.7. The monoisotopic (exact) mass is 468 g/mol. The summed E-state index contributed by atoms with van der Waals surface area (Å²) in [6, 6.07) is 20.3. The van der Waals surface area contributed by atoms with Crippen molar-refractivity contribution in [1.29, 1.82) is 5.26 Å². The van der Waals surface area contributed by atoms with E-state index in [1.807, 2.05) is 24.3 Å². The number of ether oxygens (including phenoxy) is 2. The van der Waals surface area contributed by atoms with Gasteiger partial charge in [-0.2, -0.15) is 5.26 Å². The Morgan fingerprint density at radius 1 is 1.00 bits per heavy atom. The minimum atomic E-state index is -0.547. The van der Waals surface area contributed by atoms with Crippen molar-refractivity contribution in [2.24, 2.45) is 0 Å². The fraction of sp³-hybridized carbons (Fsp3) is 0.207. The molecule has 0 radical (unpaired) electrons. The Kier molecular flexibility index (Phi) is 8.42. The molecule has 3 rings (SSSR count). The van der Waals surface area contributed by atoms with Gasteiger partial charge in [0.05, 0.1) is 19.3 Å². The van der Waals surface area contributed by atoms with Crippen LogP contribution in [0.1, 0.15) is 45.1 Å². The van der Waals surface area contributed by atoms with Crippen molar-refractivity contribution in [3.8, 4) is 11.8 Å². The fourth-order valence-corrected chi connectivity index (χ4v) is 3.81. The number of nitriles is 1. The van der Waals surface area contributed by atoms with Crippen LogP contribution in [0.4, 0.5) is 5.69 Å². The Morgan fingerprint density at radius 2 is 1.69 bits per heavy atom. The summed E-state index contributed by atoms with van der Waals surface area (Å²) in [6.07, 6.45) is 2.23.